The minimum Gasteiger partial charge on any atom is -0.331 e. The van der Waals surface area contributed by atoms with Crippen molar-refractivity contribution < 1.29 is 8.78 Å². The van der Waals surface area contributed by atoms with E-state index in [1.165, 1.54) is 0 Å². The Morgan fingerprint density at radius 1 is 1.45 bits per heavy atom. The molecule has 3 heterocycles. The molecule has 0 spiro atoms. The van der Waals surface area contributed by atoms with Gasteiger partial charge in [-0.2, -0.15) is 0 Å². The summed E-state index contributed by atoms with van der Waals surface area (Å²) in [7, 11) is 1.72. The molecule has 0 aliphatic carbocycles. The molecule has 1 saturated heterocycles. The molecule has 4 nitrogen and oxygen atoms in total. The van der Waals surface area contributed by atoms with Crippen LogP contribution in [0.15, 0.2) is 18.3 Å². The molecule has 1 fully saturated rings. The first-order valence-electron chi connectivity index (χ1n) is 6.50. The first-order valence-corrected chi connectivity index (χ1v) is 6.88. The number of likely N-dealkylation sites (tertiary alicyclic amines) is 1. The summed E-state index contributed by atoms with van der Waals surface area (Å²) in [6, 6.07) is 3.51. The van der Waals surface area contributed by atoms with E-state index in [4.69, 9.17) is 11.6 Å². The third-order valence-corrected chi connectivity index (χ3v) is 4.02. The Bertz CT molecular complexity index is 628. The van der Waals surface area contributed by atoms with Crippen molar-refractivity contribution in [1.29, 1.82) is 0 Å². The zero-order valence-electron chi connectivity index (χ0n) is 11.1. The van der Waals surface area contributed by atoms with E-state index < -0.39 is 11.8 Å². The molecule has 2 aromatic heterocycles. The Morgan fingerprint density at radius 2 is 2.25 bits per heavy atom. The van der Waals surface area contributed by atoms with E-state index >= 15 is 0 Å². The van der Waals surface area contributed by atoms with E-state index in [9.17, 15) is 8.78 Å². The fraction of sp³-hybridized carbons (Fsp3) is 0.538. The lowest BCUT2D eigenvalue weighted by atomic mass is 9.93. The molecule has 0 bridgehead atoms. The third-order valence-electron chi connectivity index (χ3n) is 3.83. The Kier molecular flexibility index (Phi) is 3.38. The number of hydrogen-bond donors (Lipinski definition) is 0. The highest BCUT2D eigenvalue weighted by molar-refractivity contribution is 6.29. The lowest BCUT2D eigenvalue weighted by molar-refractivity contribution is -0.110. The molecule has 0 N–H and O–H groups in total. The van der Waals surface area contributed by atoms with Gasteiger partial charge in [0.25, 0.3) is 5.92 Å². The van der Waals surface area contributed by atoms with Gasteiger partial charge in [0, 0.05) is 24.0 Å². The standard InChI is InChI=1S/C13H15ClF2N4/c1-19-4-3-10(13(15,16)8-19)7-20-5-2-9-6-11(14)17-18-12(9)20/h2,5-6,10H,3-4,7-8H2,1H3. The second kappa shape index (κ2) is 4.93. The molecule has 0 saturated carbocycles. The highest BCUT2D eigenvalue weighted by atomic mass is 35.5. The maximum Gasteiger partial charge on any atom is 0.265 e. The number of halogens is 3. The van der Waals surface area contributed by atoms with E-state index in [0.717, 1.165) is 5.39 Å². The normalized spacial score (nSPS) is 23.3. The van der Waals surface area contributed by atoms with E-state index in [0.29, 0.717) is 23.8 Å². The zero-order valence-corrected chi connectivity index (χ0v) is 11.8. The van der Waals surface area contributed by atoms with Crippen LogP contribution in [-0.4, -0.2) is 45.7 Å². The minimum atomic E-state index is -2.68. The summed E-state index contributed by atoms with van der Waals surface area (Å²) in [5.74, 6) is -3.35. The first kappa shape index (κ1) is 13.7. The maximum atomic E-state index is 14.1. The third kappa shape index (κ3) is 2.50. The molecule has 7 heteroatoms. The molecule has 2 aromatic rings. The van der Waals surface area contributed by atoms with Gasteiger partial charge in [0.05, 0.1) is 6.54 Å². The van der Waals surface area contributed by atoms with Crippen molar-refractivity contribution in [1.82, 2.24) is 19.7 Å². The molecule has 0 aromatic carbocycles. The zero-order chi connectivity index (χ0) is 14.3. The van der Waals surface area contributed by atoms with E-state index in [2.05, 4.69) is 10.2 Å². The van der Waals surface area contributed by atoms with Crippen LogP contribution < -0.4 is 0 Å². The highest BCUT2D eigenvalue weighted by Gasteiger charge is 2.43. The number of piperidine rings is 1. The van der Waals surface area contributed by atoms with Crippen LogP contribution in [-0.2, 0) is 6.54 Å². The largest absolute Gasteiger partial charge is 0.331 e. The van der Waals surface area contributed by atoms with E-state index in [1.54, 1.807) is 28.8 Å². The second-order valence-electron chi connectivity index (χ2n) is 5.40. The average Bonchev–Trinajstić information content (AvgIpc) is 2.74. The van der Waals surface area contributed by atoms with Gasteiger partial charge in [-0.3, -0.25) is 0 Å². The van der Waals surface area contributed by atoms with Crippen LogP contribution in [0.5, 0.6) is 0 Å². The van der Waals surface area contributed by atoms with Crippen LogP contribution in [0.3, 0.4) is 0 Å². The van der Waals surface area contributed by atoms with Gasteiger partial charge in [0.15, 0.2) is 10.8 Å². The van der Waals surface area contributed by atoms with Crippen LogP contribution in [0.25, 0.3) is 11.0 Å². The fourth-order valence-electron chi connectivity index (χ4n) is 2.73. The summed E-state index contributed by atoms with van der Waals surface area (Å²) in [4.78, 5) is 1.67. The molecule has 1 aliphatic rings. The van der Waals surface area contributed by atoms with Crippen molar-refractivity contribution in [2.45, 2.75) is 18.9 Å². The topological polar surface area (TPSA) is 34.0 Å². The van der Waals surface area contributed by atoms with Gasteiger partial charge in [-0.05, 0) is 32.1 Å². The van der Waals surface area contributed by atoms with Gasteiger partial charge in [0.1, 0.15) is 0 Å². The highest BCUT2D eigenvalue weighted by Crippen LogP contribution is 2.34. The van der Waals surface area contributed by atoms with Gasteiger partial charge in [-0.25, -0.2) is 8.78 Å². The Labute approximate surface area is 120 Å². The van der Waals surface area contributed by atoms with Crippen molar-refractivity contribution in [3.63, 3.8) is 0 Å². The monoisotopic (exact) mass is 300 g/mol. The van der Waals surface area contributed by atoms with Crippen LogP contribution in [0.2, 0.25) is 5.15 Å². The minimum absolute atomic E-state index is 0.186. The number of hydrogen-bond acceptors (Lipinski definition) is 3. The number of aromatic nitrogens is 3. The van der Waals surface area contributed by atoms with Gasteiger partial charge >= 0.3 is 0 Å². The van der Waals surface area contributed by atoms with Crippen LogP contribution >= 0.6 is 11.6 Å². The van der Waals surface area contributed by atoms with Gasteiger partial charge < -0.3 is 9.47 Å². The van der Waals surface area contributed by atoms with Crippen molar-refractivity contribution in [3.8, 4) is 0 Å². The molecule has 0 radical (unpaired) electrons. The second-order valence-corrected chi connectivity index (χ2v) is 5.79. The summed E-state index contributed by atoms with van der Waals surface area (Å²) in [6.07, 6.45) is 2.24. The first-order chi connectivity index (χ1) is 9.45. The number of alkyl halides is 2. The van der Waals surface area contributed by atoms with Crippen LogP contribution in [0, 0.1) is 5.92 Å². The number of rotatable bonds is 2. The van der Waals surface area contributed by atoms with Crippen molar-refractivity contribution >= 4 is 22.6 Å². The van der Waals surface area contributed by atoms with Gasteiger partial charge in [-0.1, -0.05) is 11.6 Å². The smallest absolute Gasteiger partial charge is 0.265 e. The van der Waals surface area contributed by atoms with Gasteiger partial charge in [0.2, 0.25) is 0 Å². The summed E-state index contributed by atoms with van der Waals surface area (Å²) >= 11 is 5.77. The molecular weight excluding hydrogens is 286 g/mol. The summed E-state index contributed by atoms with van der Waals surface area (Å²) in [6.45, 7) is 0.756. The molecule has 0 amide bonds. The molecule has 3 rings (SSSR count). The molecule has 20 heavy (non-hydrogen) atoms. The fourth-order valence-corrected chi connectivity index (χ4v) is 2.88. The predicted octanol–water partition coefficient (Wildman–Crippen LogP) is 2.67. The summed E-state index contributed by atoms with van der Waals surface area (Å²) in [5, 5.41) is 8.90. The Hall–Kier alpha value is -1.27. The Balaban J connectivity index is 1.86. The van der Waals surface area contributed by atoms with Crippen LogP contribution in [0.1, 0.15) is 6.42 Å². The lowest BCUT2D eigenvalue weighted by Gasteiger charge is -2.36. The molecule has 108 valence electrons. The van der Waals surface area contributed by atoms with Crippen molar-refractivity contribution in [2.24, 2.45) is 5.92 Å². The molecular formula is C13H15ClF2N4. The summed E-state index contributed by atoms with van der Waals surface area (Å²) in [5.41, 5.74) is 0.601. The van der Waals surface area contributed by atoms with Crippen molar-refractivity contribution in [3.05, 3.63) is 23.5 Å². The van der Waals surface area contributed by atoms with E-state index in [-0.39, 0.29) is 13.1 Å². The number of fused-ring (bicyclic) bond motifs is 1. The average molecular weight is 301 g/mol. The SMILES string of the molecule is CN1CCC(Cn2ccc3cc(Cl)nnc32)C(F)(F)C1. The molecule has 1 aliphatic heterocycles. The maximum absolute atomic E-state index is 14.1. The number of nitrogens with zero attached hydrogens (tertiary/aromatic N) is 4. The summed E-state index contributed by atoms with van der Waals surface area (Å²) < 4.78 is 29.9. The van der Waals surface area contributed by atoms with Gasteiger partial charge in [-0.15, -0.1) is 10.2 Å². The quantitative estimate of drug-likeness (QED) is 0.855. The van der Waals surface area contributed by atoms with E-state index in [1.807, 2.05) is 6.07 Å². The molecule has 1 unspecified atom stereocenters. The van der Waals surface area contributed by atoms with Crippen molar-refractivity contribution in [2.75, 3.05) is 20.1 Å². The van der Waals surface area contributed by atoms with Crippen LogP contribution in [0.4, 0.5) is 8.78 Å². The molecule has 1 atom stereocenters. The predicted molar refractivity (Wildman–Crippen MR) is 73.1 cm³/mol. The Morgan fingerprint density at radius 3 is 3.00 bits per heavy atom. The lowest BCUT2D eigenvalue weighted by Crippen LogP contribution is -2.48.